The summed E-state index contributed by atoms with van der Waals surface area (Å²) in [6, 6.07) is 2.66. The van der Waals surface area contributed by atoms with Crippen LogP contribution in [0.2, 0.25) is 0 Å². The molecule has 8 heteroatoms. The van der Waals surface area contributed by atoms with E-state index in [1.165, 1.54) is 18.6 Å². The van der Waals surface area contributed by atoms with E-state index in [4.69, 9.17) is 0 Å². The fourth-order valence-electron chi connectivity index (χ4n) is 3.21. The number of nitro benzene ring substituents is 1. The molecule has 0 atom stereocenters. The van der Waals surface area contributed by atoms with Gasteiger partial charge >= 0.3 is 11.1 Å². The molecule has 1 fully saturated rings. The number of aromatic amines is 2. The summed E-state index contributed by atoms with van der Waals surface area (Å²) in [5, 5.41) is 14.5. The number of H-pyrrole nitrogens is 2. The van der Waals surface area contributed by atoms with Gasteiger partial charge in [-0.3, -0.25) is 19.7 Å². The molecule has 1 heterocycles. The van der Waals surface area contributed by atoms with Gasteiger partial charge in [0.05, 0.1) is 16.0 Å². The normalized spacial score (nSPS) is 17.0. The van der Waals surface area contributed by atoms with Crippen molar-refractivity contribution in [3.8, 4) is 0 Å². The van der Waals surface area contributed by atoms with E-state index in [0.717, 1.165) is 25.7 Å². The summed E-state index contributed by atoms with van der Waals surface area (Å²) in [7, 11) is 0. The van der Waals surface area contributed by atoms with Crippen LogP contribution in [0.25, 0.3) is 11.0 Å². The zero-order valence-electron chi connectivity index (χ0n) is 13.2. The number of hydrogen-bond acceptors (Lipinski definition) is 5. The summed E-state index contributed by atoms with van der Waals surface area (Å²) in [5.41, 5.74) is -0.811. The molecule has 127 valence electrons. The van der Waals surface area contributed by atoms with E-state index in [0.29, 0.717) is 17.6 Å². The van der Waals surface area contributed by atoms with Crippen molar-refractivity contribution < 1.29 is 4.92 Å². The van der Waals surface area contributed by atoms with E-state index < -0.39 is 16.0 Å². The molecular weight excluding hydrogens is 312 g/mol. The number of nitro groups is 1. The van der Waals surface area contributed by atoms with E-state index in [9.17, 15) is 19.7 Å². The van der Waals surface area contributed by atoms with Crippen molar-refractivity contribution in [3.63, 3.8) is 0 Å². The van der Waals surface area contributed by atoms with Gasteiger partial charge in [0.2, 0.25) is 0 Å². The maximum atomic E-state index is 11.6. The Labute approximate surface area is 137 Å². The Morgan fingerprint density at radius 1 is 1.17 bits per heavy atom. The van der Waals surface area contributed by atoms with Gasteiger partial charge in [-0.15, -0.1) is 0 Å². The number of nitrogens with zero attached hydrogens (tertiary/aromatic N) is 1. The first-order chi connectivity index (χ1) is 11.4. The Morgan fingerprint density at radius 2 is 1.83 bits per heavy atom. The van der Waals surface area contributed by atoms with Gasteiger partial charge in [0.1, 0.15) is 0 Å². The lowest BCUT2D eigenvalue weighted by atomic mass is 9.83. The van der Waals surface area contributed by atoms with E-state index in [1.54, 1.807) is 0 Å². The van der Waals surface area contributed by atoms with Crippen molar-refractivity contribution in [2.75, 3.05) is 0 Å². The van der Waals surface area contributed by atoms with Crippen molar-refractivity contribution in [1.82, 2.24) is 15.3 Å². The van der Waals surface area contributed by atoms with Gasteiger partial charge in [-0.05, 0) is 25.3 Å². The molecule has 3 rings (SSSR count). The lowest BCUT2D eigenvalue weighted by Gasteiger charge is -2.34. The third-order valence-corrected chi connectivity index (χ3v) is 4.57. The predicted molar refractivity (Wildman–Crippen MR) is 89.9 cm³/mol. The van der Waals surface area contributed by atoms with Crippen LogP contribution in [0.3, 0.4) is 0 Å². The SMILES string of the molecule is [CH2]C1(NCc2cc([N+](=O)[O-])cc3[nH]c(=O)c(=O)[nH]c23)CCCCC1. The third kappa shape index (κ3) is 3.23. The summed E-state index contributed by atoms with van der Waals surface area (Å²) in [4.78, 5) is 38.6. The Bertz CT molecular complexity index is 893. The number of fused-ring (bicyclic) bond motifs is 1. The molecule has 0 unspecified atom stereocenters. The molecule has 1 aromatic heterocycles. The van der Waals surface area contributed by atoms with Gasteiger partial charge in [-0.2, -0.15) is 0 Å². The Morgan fingerprint density at radius 3 is 2.50 bits per heavy atom. The first kappa shape index (κ1) is 16.4. The standard InChI is InChI=1S/C16H19N4O4/c1-16(5-3-2-4-6-16)17-9-10-7-11(20(23)24)8-12-13(10)19-15(22)14(21)18-12/h7-8,17H,1-6,9H2,(H,18,21)(H,19,22). The summed E-state index contributed by atoms with van der Waals surface area (Å²) in [6.07, 6.45) is 5.25. The molecule has 1 aromatic carbocycles. The molecule has 8 nitrogen and oxygen atoms in total. The minimum absolute atomic E-state index is 0.135. The van der Waals surface area contributed by atoms with Gasteiger partial charge < -0.3 is 15.3 Å². The molecule has 2 aromatic rings. The van der Waals surface area contributed by atoms with Crippen molar-refractivity contribution in [2.45, 2.75) is 44.2 Å². The van der Waals surface area contributed by atoms with Crippen LogP contribution in [-0.4, -0.2) is 20.4 Å². The van der Waals surface area contributed by atoms with E-state index in [-0.39, 0.29) is 16.7 Å². The van der Waals surface area contributed by atoms with Gasteiger partial charge in [0.25, 0.3) is 5.69 Å². The molecule has 1 aliphatic carbocycles. The fraction of sp³-hybridized carbons (Fsp3) is 0.438. The van der Waals surface area contributed by atoms with Crippen LogP contribution in [0.1, 0.15) is 37.7 Å². The Kier molecular flexibility index (Phi) is 4.23. The quantitative estimate of drug-likeness (QED) is 0.448. The maximum Gasteiger partial charge on any atom is 0.314 e. The van der Waals surface area contributed by atoms with Crippen LogP contribution >= 0.6 is 0 Å². The molecule has 0 saturated heterocycles. The zero-order valence-corrected chi connectivity index (χ0v) is 13.2. The third-order valence-electron chi connectivity index (χ3n) is 4.57. The molecular formula is C16H19N4O4. The minimum Gasteiger partial charge on any atom is -0.316 e. The lowest BCUT2D eigenvalue weighted by molar-refractivity contribution is -0.384. The fourth-order valence-corrected chi connectivity index (χ4v) is 3.21. The van der Waals surface area contributed by atoms with Gasteiger partial charge in [0, 0.05) is 24.2 Å². The molecule has 0 aliphatic heterocycles. The van der Waals surface area contributed by atoms with E-state index in [2.05, 4.69) is 22.2 Å². The molecule has 24 heavy (non-hydrogen) atoms. The van der Waals surface area contributed by atoms with Crippen LogP contribution < -0.4 is 16.4 Å². The number of hydrogen-bond donors (Lipinski definition) is 3. The predicted octanol–water partition coefficient (Wildman–Crippen LogP) is 1.75. The van der Waals surface area contributed by atoms with Gasteiger partial charge in [-0.1, -0.05) is 19.3 Å². The monoisotopic (exact) mass is 331 g/mol. The molecule has 1 radical (unpaired) electrons. The van der Waals surface area contributed by atoms with Crippen LogP contribution in [0, 0.1) is 17.0 Å². The number of rotatable bonds is 4. The van der Waals surface area contributed by atoms with Gasteiger partial charge in [-0.25, -0.2) is 0 Å². The topological polar surface area (TPSA) is 121 Å². The second kappa shape index (κ2) is 6.20. The largest absolute Gasteiger partial charge is 0.316 e. The van der Waals surface area contributed by atoms with Crippen LogP contribution in [0.4, 0.5) is 5.69 Å². The van der Waals surface area contributed by atoms with Crippen molar-refractivity contribution in [2.24, 2.45) is 0 Å². The molecule has 1 saturated carbocycles. The lowest BCUT2D eigenvalue weighted by Crippen LogP contribution is -2.43. The number of benzene rings is 1. The summed E-state index contributed by atoms with van der Waals surface area (Å²) in [6.45, 7) is 4.56. The molecule has 1 aliphatic rings. The van der Waals surface area contributed by atoms with Crippen molar-refractivity contribution in [1.29, 1.82) is 0 Å². The highest BCUT2D eigenvalue weighted by Gasteiger charge is 2.26. The van der Waals surface area contributed by atoms with E-state index in [1.807, 2.05) is 0 Å². The van der Waals surface area contributed by atoms with Crippen molar-refractivity contribution in [3.05, 3.63) is 55.4 Å². The second-order valence-electron chi connectivity index (χ2n) is 6.39. The molecule has 3 N–H and O–H groups in total. The smallest absolute Gasteiger partial charge is 0.314 e. The first-order valence-electron chi connectivity index (χ1n) is 7.92. The van der Waals surface area contributed by atoms with Crippen molar-refractivity contribution >= 4 is 16.7 Å². The number of aromatic nitrogens is 2. The average Bonchev–Trinajstić information content (AvgIpc) is 2.54. The van der Waals surface area contributed by atoms with Crippen LogP contribution in [0.15, 0.2) is 21.7 Å². The first-order valence-corrected chi connectivity index (χ1v) is 7.92. The summed E-state index contributed by atoms with van der Waals surface area (Å²) >= 11 is 0. The Balaban J connectivity index is 2.01. The molecule has 0 bridgehead atoms. The summed E-state index contributed by atoms with van der Waals surface area (Å²) < 4.78 is 0. The zero-order chi connectivity index (χ0) is 17.3. The second-order valence-corrected chi connectivity index (χ2v) is 6.39. The minimum atomic E-state index is -0.831. The van der Waals surface area contributed by atoms with Crippen LogP contribution in [-0.2, 0) is 6.54 Å². The number of nitrogens with one attached hydrogen (secondary N) is 3. The summed E-state index contributed by atoms with van der Waals surface area (Å²) in [5.74, 6) is 0. The average molecular weight is 331 g/mol. The Hall–Kier alpha value is -2.48. The molecule has 0 spiro atoms. The van der Waals surface area contributed by atoms with Gasteiger partial charge in [0.15, 0.2) is 0 Å². The maximum absolute atomic E-state index is 11.6. The van der Waals surface area contributed by atoms with E-state index >= 15 is 0 Å². The highest BCUT2D eigenvalue weighted by molar-refractivity contribution is 5.80. The molecule has 0 amide bonds. The highest BCUT2D eigenvalue weighted by Crippen LogP contribution is 2.28. The highest BCUT2D eigenvalue weighted by atomic mass is 16.6. The number of non-ortho nitro benzene ring substituents is 1. The van der Waals surface area contributed by atoms with Crippen LogP contribution in [0.5, 0.6) is 0 Å².